The van der Waals surface area contributed by atoms with Crippen LogP contribution in [0.5, 0.6) is 0 Å². The number of hydrogen-bond acceptors (Lipinski definition) is 2. The molecule has 0 fully saturated rings. The third-order valence-corrected chi connectivity index (χ3v) is 0.494. The second-order valence-corrected chi connectivity index (χ2v) is 1.11. The molecule has 5 heteroatoms. The normalized spacial score (nSPS) is 9.25. The molecule has 0 bridgehead atoms. The maximum Gasteiger partial charge on any atom is 0.333 e. The second kappa shape index (κ2) is 2.27. The molecule has 0 aromatic rings. The van der Waals surface area contributed by atoms with Gasteiger partial charge in [0.2, 0.25) is 6.04 Å². The quantitative estimate of drug-likeness (QED) is 0.445. The maximum absolute atomic E-state index is 9.57. The van der Waals surface area contributed by atoms with E-state index in [4.69, 9.17) is 15.9 Å². The minimum absolute atomic E-state index is 1.64. The molecule has 0 aliphatic carbocycles. The van der Waals surface area contributed by atoms with E-state index >= 15 is 0 Å². The van der Waals surface area contributed by atoms with Gasteiger partial charge in [-0.3, -0.25) is 0 Å². The smallest absolute Gasteiger partial charge is 0.333 e. The van der Waals surface area contributed by atoms with Gasteiger partial charge in [0.1, 0.15) is 0 Å². The van der Waals surface area contributed by atoms with Gasteiger partial charge in [-0.05, 0) is 0 Å². The monoisotopic (exact) mass is 118 g/mol. The summed E-state index contributed by atoms with van der Waals surface area (Å²) < 4.78 is 0. The van der Waals surface area contributed by atoms with E-state index < -0.39 is 18.0 Å². The van der Waals surface area contributed by atoms with Crippen molar-refractivity contribution in [1.29, 1.82) is 0 Å². The zero-order valence-electron chi connectivity index (χ0n) is 3.79. The molecule has 1 radical (unpaired) electrons. The van der Waals surface area contributed by atoms with Gasteiger partial charge in [-0.15, -0.1) is 0 Å². The predicted octanol–water partition coefficient (Wildman–Crippen LogP) is -1.19. The molecule has 0 unspecified atom stereocenters. The largest absolute Gasteiger partial charge is 0.480 e. The van der Waals surface area contributed by atoms with Crippen LogP contribution >= 0.6 is 0 Å². The highest BCUT2D eigenvalue weighted by Crippen LogP contribution is 1.78. The molecule has 0 spiro atoms. The van der Waals surface area contributed by atoms with Gasteiger partial charge < -0.3 is 10.2 Å². The van der Waals surface area contributed by atoms with Gasteiger partial charge in [0.15, 0.2) is 0 Å². The summed E-state index contributed by atoms with van der Waals surface area (Å²) in [6, 6.07) is -2.05. The van der Waals surface area contributed by atoms with Crippen molar-refractivity contribution in [3.05, 3.63) is 0 Å². The van der Waals surface area contributed by atoms with Crippen molar-refractivity contribution < 1.29 is 19.8 Å². The molecular formula is C3H4NO4. The Hall–Kier alpha value is -1.10. The molecule has 0 rings (SSSR count). The first-order valence-corrected chi connectivity index (χ1v) is 1.72. The summed E-state index contributed by atoms with van der Waals surface area (Å²) in [5.74, 6) is -3.28. The van der Waals surface area contributed by atoms with Gasteiger partial charge >= 0.3 is 11.9 Å². The SMILES string of the molecule is [NH]C(C(=O)O)C(=O)O. The molecule has 0 aromatic heterocycles. The van der Waals surface area contributed by atoms with Gasteiger partial charge in [0, 0.05) is 0 Å². The van der Waals surface area contributed by atoms with Crippen molar-refractivity contribution in [2.45, 2.75) is 6.04 Å². The second-order valence-electron chi connectivity index (χ2n) is 1.11. The fraction of sp³-hybridized carbons (Fsp3) is 0.333. The Morgan fingerprint density at radius 3 is 1.50 bits per heavy atom. The topological polar surface area (TPSA) is 98.4 Å². The van der Waals surface area contributed by atoms with Crippen LogP contribution in [0.25, 0.3) is 0 Å². The van der Waals surface area contributed by atoms with Gasteiger partial charge in [-0.1, -0.05) is 0 Å². The lowest BCUT2D eigenvalue weighted by molar-refractivity contribution is -0.149. The molecule has 0 saturated heterocycles. The first kappa shape index (κ1) is 6.90. The number of aliphatic carboxylic acids is 2. The first-order chi connectivity index (χ1) is 3.55. The Kier molecular flexibility index (Phi) is 1.96. The molecule has 0 saturated carbocycles. The third-order valence-electron chi connectivity index (χ3n) is 0.494. The van der Waals surface area contributed by atoms with Crippen LogP contribution in [0.15, 0.2) is 0 Å². The number of nitrogens with one attached hydrogen (secondary N) is 1. The van der Waals surface area contributed by atoms with E-state index in [0.29, 0.717) is 0 Å². The molecule has 0 aromatic carbocycles. The summed E-state index contributed by atoms with van der Waals surface area (Å²) in [5.41, 5.74) is 6.28. The van der Waals surface area contributed by atoms with E-state index in [9.17, 15) is 9.59 Å². The van der Waals surface area contributed by atoms with E-state index in [0.717, 1.165) is 0 Å². The van der Waals surface area contributed by atoms with Crippen LogP contribution in [0.3, 0.4) is 0 Å². The lowest BCUT2D eigenvalue weighted by atomic mass is 10.3. The Balaban J connectivity index is 3.83. The lowest BCUT2D eigenvalue weighted by Crippen LogP contribution is -2.30. The standard InChI is InChI=1S/C3H4NO4/c4-1(2(5)6)3(7)8/h1,4H,(H,5,6)(H,7,8). The van der Waals surface area contributed by atoms with Gasteiger partial charge in [0.25, 0.3) is 0 Å². The maximum atomic E-state index is 9.57. The fourth-order valence-corrected chi connectivity index (χ4v) is 0.106. The van der Waals surface area contributed by atoms with Crippen LogP contribution in [-0.4, -0.2) is 28.2 Å². The summed E-state index contributed by atoms with van der Waals surface area (Å²) in [6.45, 7) is 0. The van der Waals surface area contributed by atoms with Crippen molar-refractivity contribution in [3.63, 3.8) is 0 Å². The van der Waals surface area contributed by atoms with Crippen molar-refractivity contribution in [2.24, 2.45) is 0 Å². The lowest BCUT2D eigenvalue weighted by Gasteiger charge is -1.93. The van der Waals surface area contributed by atoms with Crippen molar-refractivity contribution in [3.8, 4) is 0 Å². The number of carboxylic acid groups (broad SMARTS) is 2. The van der Waals surface area contributed by atoms with Crippen LogP contribution in [-0.2, 0) is 9.59 Å². The van der Waals surface area contributed by atoms with Crippen LogP contribution in [0.4, 0.5) is 0 Å². The molecule has 0 aliphatic heterocycles. The Labute approximate surface area is 44.7 Å². The molecule has 0 amide bonds. The summed E-state index contributed by atoms with van der Waals surface area (Å²) in [5, 5.41) is 15.6. The highest BCUT2D eigenvalue weighted by Gasteiger charge is 2.19. The summed E-state index contributed by atoms with van der Waals surface area (Å²) in [6.07, 6.45) is 0. The number of carbonyl (C=O) groups is 2. The molecule has 5 nitrogen and oxygen atoms in total. The summed E-state index contributed by atoms with van der Waals surface area (Å²) >= 11 is 0. The molecular weight excluding hydrogens is 114 g/mol. The van der Waals surface area contributed by atoms with E-state index in [1.807, 2.05) is 0 Å². The van der Waals surface area contributed by atoms with E-state index in [-0.39, 0.29) is 0 Å². The summed E-state index contributed by atoms with van der Waals surface area (Å²) in [4.78, 5) is 19.1. The minimum atomic E-state index is -2.05. The van der Waals surface area contributed by atoms with Crippen LogP contribution < -0.4 is 5.73 Å². The fourth-order valence-electron chi connectivity index (χ4n) is 0.106. The highest BCUT2D eigenvalue weighted by atomic mass is 16.4. The van der Waals surface area contributed by atoms with E-state index in [2.05, 4.69) is 0 Å². The average molecular weight is 118 g/mol. The van der Waals surface area contributed by atoms with Crippen LogP contribution in [0.1, 0.15) is 0 Å². The minimum Gasteiger partial charge on any atom is -0.480 e. The molecule has 0 heterocycles. The van der Waals surface area contributed by atoms with Crippen molar-refractivity contribution >= 4 is 11.9 Å². The number of carboxylic acids is 2. The van der Waals surface area contributed by atoms with Crippen molar-refractivity contribution in [2.75, 3.05) is 0 Å². The zero-order valence-corrected chi connectivity index (χ0v) is 3.79. The predicted molar refractivity (Wildman–Crippen MR) is 22.2 cm³/mol. The number of hydrogen-bond donors (Lipinski definition) is 2. The Morgan fingerprint density at radius 2 is 1.50 bits per heavy atom. The highest BCUT2D eigenvalue weighted by molar-refractivity contribution is 5.96. The molecule has 0 aliphatic rings. The van der Waals surface area contributed by atoms with Crippen LogP contribution in [0, 0.1) is 0 Å². The average Bonchev–Trinajstić information content (AvgIpc) is 1.64. The van der Waals surface area contributed by atoms with Gasteiger partial charge in [-0.2, -0.15) is 0 Å². The van der Waals surface area contributed by atoms with E-state index in [1.165, 1.54) is 0 Å². The summed E-state index contributed by atoms with van der Waals surface area (Å²) in [7, 11) is 0. The number of rotatable bonds is 2. The molecule has 8 heavy (non-hydrogen) atoms. The van der Waals surface area contributed by atoms with E-state index in [1.54, 1.807) is 0 Å². The third kappa shape index (κ3) is 1.57. The molecule has 3 N–H and O–H groups in total. The van der Waals surface area contributed by atoms with Gasteiger partial charge in [0.05, 0.1) is 0 Å². The van der Waals surface area contributed by atoms with Crippen molar-refractivity contribution in [1.82, 2.24) is 5.73 Å². The molecule has 0 atom stereocenters. The van der Waals surface area contributed by atoms with Crippen LogP contribution in [0.2, 0.25) is 0 Å². The molecule has 45 valence electrons. The Morgan fingerprint density at radius 1 is 1.25 bits per heavy atom. The van der Waals surface area contributed by atoms with Gasteiger partial charge in [-0.25, -0.2) is 15.3 Å². The first-order valence-electron chi connectivity index (χ1n) is 1.72. The Bertz CT molecular complexity index is 106. The zero-order chi connectivity index (χ0) is 6.73.